The first kappa shape index (κ1) is 11.3. The molecule has 5 nitrogen and oxygen atoms in total. The Morgan fingerprint density at radius 1 is 1.47 bits per heavy atom. The third-order valence-corrected chi connectivity index (χ3v) is 3.38. The minimum absolute atomic E-state index is 0.0678. The molecule has 4 atom stereocenters. The molecule has 15 heavy (non-hydrogen) atoms. The van der Waals surface area contributed by atoms with Crippen LogP contribution in [-0.2, 0) is 9.47 Å². The first-order chi connectivity index (χ1) is 7.12. The van der Waals surface area contributed by atoms with Crippen LogP contribution in [0.15, 0.2) is 0 Å². The molecule has 0 aromatic rings. The molecule has 5 heteroatoms. The molecule has 0 aliphatic carbocycles. The summed E-state index contributed by atoms with van der Waals surface area (Å²) in [7, 11) is 0. The minimum Gasteiger partial charge on any atom is -0.389 e. The fourth-order valence-corrected chi connectivity index (χ4v) is 2.05. The van der Waals surface area contributed by atoms with Crippen LogP contribution in [-0.4, -0.2) is 60.4 Å². The van der Waals surface area contributed by atoms with Gasteiger partial charge in [-0.1, -0.05) is 0 Å². The molecule has 0 bridgehead atoms. The zero-order chi connectivity index (χ0) is 10.9. The number of aliphatic hydroxyl groups is 2. The van der Waals surface area contributed by atoms with Gasteiger partial charge in [-0.05, 0) is 6.92 Å². The van der Waals surface area contributed by atoms with Crippen LogP contribution < -0.4 is 5.32 Å². The molecule has 0 saturated carbocycles. The van der Waals surface area contributed by atoms with Gasteiger partial charge >= 0.3 is 0 Å². The summed E-state index contributed by atoms with van der Waals surface area (Å²) in [6.07, 6.45) is 0.0286. The lowest BCUT2D eigenvalue weighted by atomic mass is 9.96. The Balaban J connectivity index is 1.81. The Morgan fingerprint density at radius 3 is 2.80 bits per heavy atom. The lowest BCUT2D eigenvalue weighted by Crippen LogP contribution is -2.51. The number of ether oxygens (including phenoxy) is 2. The SMILES string of the molecule is CC1OCCC1(O)CNC1COCC1O. The molecule has 2 rings (SSSR count). The van der Waals surface area contributed by atoms with Crippen molar-refractivity contribution in [1.29, 1.82) is 0 Å². The molecule has 0 amide bonds. The van der Waals surface area contributed by atoms with E-state index < -0.39 is 11.7 Å². The van der Waals surface area contributed by atoms with Crippen molar-refractivity contribution < 1.29 is 19.7 Å². The third-order valence-electron chi connectivity index (χ3n) is 3.38. The summed E-state index contributed by atoms with van der Waals surface area (Å²) in [5, 5.41) is 22.8. The van der Waals surface area contributed by atoms with E-state index in [1.165, 1.54) is 0 Å². The highest BCUT2D eigenvalue weighted by molar-refractivity contribution is 4.93. The summed E-state index contributed by atoms with van der Waals surface area (Å²) >= 11 is 0. The maximum atomic E-state index is 10.2. The van der Waals surface area contributed by atoms with E-state index in [1.807, 2.05) is 6.92 Å². The summed E-state index contributed by atoms with van der Waals surface area (Å²) < 4.78 is 10.4. The average molecular weight is 217 g/mol. The van der Waals surface area contributed by atoms with Crippen LogP contribution in [0.1, 0.15) is 13.3 Å². The van der Waals surface area contributed by atoms with E-state index >= 15 is 0 Å². The Morgan fingerprint density at radius 2 is 2.27 bits per heavy atom. The van der Waals surface area contributed by atoms with Crippen LogP contribution in [0.3, 0.4) is 0 Å². The monoisotopic (exact) mass is 217 g/mol. The Kier molecular flexibility index (Phi) is 3.27. The van der Waals surface area contributed by atoms with E-state index in [9.17, 15) is 10.2 Å². The zero-order valence-electron chi connectivity index (χ0n) is 8.98. The van der Waals surface area contributed by atoms with Gasteiger partial charge in [-0.3, -0.25) is 0 Å². The van der Waals surface area contributed by atoms with Crippen LogP contribution in [0.4, 0.5) is 0 Å². The van der Waals surface area contributed by atoms with E-state index in [4.69, 9.17) is 9.47 Å². The molecule has 2 aliphatic rings. The van der Waals surface area contributed by atoms with Gasteiger partial charge in [0.15, 0.2) is 0 Å². The van der Waals surface area contributed by atoms with Crippen LogP contribution in [0.2, 0.25) is 0 Å². The smallest absolute Gasteiger partial charge is 0.105 e. The summed E-state index contributed by atoms with van der Waals surface area (Å²) in [6.45, 7) is 3.80. The van der Waals surface area contributed by atoms with Crippen LogP contribution >= 0.6 is 0 Å². The third kappa shape index (κ3) is 2.32. The van der Waals surface area contributed by atoms with E-state index in [0.717, 1.165) is 0 Å². The quantitative estimate of drug-likeness (QED) is 0.558. The molecule has 0 radical (unpaired) electrons. The highest BCUT2D eigenvalue weighted by atomic mass is 16.5. The normalized spacial score (nSPS) is 46.2. The standard InChI is InChI=1S/C10H19NO4/c1-7-10(13,2-3-15-7)6-11-8-4-14-5-9(8)12/h7-9,11-13H,2-6H2,1H3. The molecule has 0 aromatic heterocycles. The molecule has 2 saturated heterocycles. The number of rotatable bonds is 3. The first-order valence-electron chi connectivity index (χ1n) is 5.45. The number of nitrogens with one attached hydrogen (secondary N) is 1. The fraction of sp³-hybridized carbons (Fsp3) is 1.00. The molecular formula is C10H19NO4. The molecule has 0 aromatic carbocycles. The Labute approximate surface area is 89.4 Å². The van der Waals surface area contributed by atoms with Crippen molar-refractivity contribution in [3.8, 4) is 0 Å². The van der Waals surface area contributed by atoms with Gasteiger partial charge in [-0.2, -0.15) is 0 Å². The number of hydrogen-bond donors (Lipinski definition) is 3. The van der Waals surface area contributed by atoms with Crippen LogP contribution in [0, 0.1) is 0 Å². The van der Waals surface area contributed by atoms with Gasteiger partial charge in [0, 0.05) is 19.6 Å². The van der Waals surface area contributed by atoms with Gasteiger partial charge in [0.25, 0.3) is 0 Å². The topological polar surface area (TPSA) is 71.0 Å². The molecule has 0 spiro atoms. The van der Waals surface area contributed by atoms with Crippen LogP contribution in [0.5, 0.6) is 0 Å². The maximum Gasteiger partial charge on any atom is 0.105 e. The van der Waals surface area contributed by atoms with Crippen molar-refractivity contribution in [3.63, 3.8) is 0 Å². The second-order valence-electron chi connectivity index (χ2n) is 4.46. The highest BCUT2D eigenvalue weighted by Gasteiger charge is 2.40. The van der Waals surface area contributed by atoms with Gasteiger partial charge in [0.2, 0.25) is 0 Å². The van der Waals surface area contributed by atoms with E-state index in [2.05, 4.69) is 5.32 Å². The molecule has 88 valence electrons. The van der Waals surface area contributed by atoms with Crippen LogP contribution in [0.25, 0.3) is 0 Å². The molecule has 2 heterocycles. The van der Waals surface area contributed by atoms with Crippen molar-refractivity contribution in [2.45, 2.75) is 37.2 Å². The van der Waals surface area contributed by atoms with Crippen molar-refractivity contribution in [2.24, 2.45) is 0 Å². The van der Waals surface area contributed by atoms with E-state index in [1.54, 1.807) is 0 Å². The molecule has 2 aliphatic heterocycles. The summed E-state index contributed by atoms with van der Waals surface area (Å²) in [6, 6.07) is -0.0678. The van der Waals surface area contributed by atoms with Crippen molar-refractivity contribution in [2.75, 3.05) is 26.4 Å². The van der Waals surface area contributed by atoms with Gasteiger partial charge in [-0.25, -0.2) is 0 Å². The Bertz CT molecular complexity index is 225. The van der Waals surface area contributed by atoms with Gasteiger partial charge in [-0.15, -0.1) is 0 Å². The van der Waals surface area contributed by atoms with Gasteiger partial charge in [0.05, 0.1) is 31.5 Å². The summed E-state index contributed by atoms with van der Waals surface area (Å²) in [5.74, 6) is 0. The zero-order valence-corrected chi connectivity index (χ0v) is 8.98. The molecule has 2 fully saturated rings. The van der Waals surface area contributed by atoms with E-state index in [-0.39, 0.29) is 12.1 Å². The lowest BCUT2D eigenvalue weighted by molar-refractivity contribution is -0.0293. The minimum atomic E-state index is -0.803. The van der Waals surface area contributed by atoms with Crippen molar-refractivity contribution >= 4 is 0 Å². The molecule has 3 N–H and O–H groups in total. The Hall–Kier alpha value is -0.200. The first-order valence-corrected chi connectivity index (χ1v) is 5.45. The van der Waals surface area contributed by atoms with Crippen molar-refractivity contribution in [1.82, 2.24) is 5.32 Å². The highest BCUT2D eigenvalue weighted by Crippen LogP contribution is 2.25. The lowest BCUT2D eigenvalue weighted by Gasteiger charge is -2.28. The second kappa shape index (κ2) is 4.35. The maximum absolute atomic E-state index is 10.2. The second-order valence-corrected chi connectivity index (χ2v) is 4.46. The molecular weight excluding hydrogens is 198 g/mol. The average Bonchev–Trinajstić information content (AvgIpc) is 2.73. The fourth-order valence-electron chi connectivity index (χ4n) is 2.05. The predicted molar refractivity (Wildman–Crippen MR) is 53.6 cm³/mol. The summed E-state index contributed by atoms with van der Waals surface area (Å²) in [4.78, 5) is 0. The van der Waals surface area contributed by atoms with E-state index in [0.29, 0.717) is 32.8 Å². The molecule has 4 unspecified atom stereocenters. The van der Waals surface area contributed by atoms with Gasteiger partial charge < -0.3 is 25.0 Å². The van der Waals surface area contributed by atoms with Crippen molar-refractivity contribution in [3.05, 3.63) is 0 Å². The van der Waals surface area contributed by atoms with Gasteiger partial charge in [0.1, 0.15) is 5.60 Å². The predicted octanol–water partition coefficient (Wildman–Crippen LogP) is -1.12. The number of aliphatic hydroxyl groups excluding tert-OH is 1. The largest absolute Gasteiger partial charge is 0.389 e. The number of hydrogen-bond acceptors (Lipinski definition) is 5. The summed E-state index contributed by atoms with van der Waals surface area (Å²) in [5.41, 5.74) is -0.803.